The third-order valence-electron chi connectivity index (χ3n) is 0.270. The van der Waals surface area contributed by atoms with Gasteiger partial charge < -0.3 is 0 Å². The summed E-state index contributed by atoms with van der Waals surface area (Å²) in [6.45, 7) is 0.250. The van der Waals surface area contributed by atoms with Crippen molar-refractivity contribution in [2.24, 2.45) is 0 Å². The van der Waals surface area contributed by atoms with E-state index in [1.807, 2.05) is 0 Å². The van der Waals surface area contributed by atoms with Gasteiger partial charge in [-0.25, -0.2) is 0 Å². The van der Waals surface area contributed by atoms with Crippen LogP contribution in [0.1, 0.15) is 0 Å². The number of halogens is 2. The molecule has 0 heterocycles. The zero-order valence-electron chi connectivity index (χ0n) is 3.43. The van der Waals surface area contributed by atoms with Crippen LogP contribution in [0.2, 0.25) is 0 Å². The van der Waals surface area contributed by atoms with Crippen molar-refractivity contribution >= 4 is 30.2 Å². The maximum Gasteiger partial charge on any atom is 0.633 e. The lowest BCUT2D eigenvalue weighted by molar-refractivity contribution is 0.363. The highest BCUT2D eigenvalue weighted by molar-refractivity contribution is 7.69. The molecule has 42 valence electrons. The highest BCUT2D eigenvalue weighted by Crippen LogP contribution is 2.26. The molecule has 0 aromatic carbocycles. The Kier molecular flexibility index (Phi) is 5.23. The summed E-state index contributed by atoms with van der Waals surface area (Å²) in [7, 11) is -1.97. The number of hydrogen-bond donors (Lipinski definition) is 0. The monoisotopic (exact) mass is 161 g/mol. The van der Waals surface area contributed by atoms with Gasteiger partial charge in [-0.3, -0.25) is 0 Å². The SMILES string of the molecule is O=[P+](Cl)OCCCl. The molecule has 0 aliphatic heterocycles. The first-order valence-electron chi connectivity index (χ1n) is 1.59. The van der Waals surface area contributed by atoms with E-state index in [1.54, 1.807) is 0 Å². The molecular weight excluding hydrogens is 158 g/mol. The van der Waals surface area contributed by atoms with Crippen LogP contribution >= 0.6 is 30.2 Å². The van der Waals surface area contributed by atoms with Crippen molar-refractivity contribution in [2.45, 2.75) is 0 Å². The Hall–Kier alpha value is 0.640. The maximum atomic E-state index is 9.84. The van der Waals surface area contributed by atoms with E-state index in [0.717, 1.165) is 0 Å². The van der Waals surface area contributed by atoms with Gasteiger partial charge in [0.05, 0.1) is 5.88 Å². The fourth-order valence-electron chi connectivity index (χ4n) is 0.106. The van der Waals surface area contributed by atoms with Crippen molar-refractivity contribution in [2.75, 3.05) is 12.5 Å². The van der Waals surface area contributed by atoms with Crippen LogP contribution in [-0.2, 0) is 9.09 Å². The summed E-state index contributed by atoms with van der Waals surface area (Å²) in [4.78, 5) is 0. The summed E-state index contributed by atoms with van der Waals surface area (Å²) in [6, 6.07) is 0. The van der Waals surface area contributed by atoms with Crippen molar-refractivity contribution in [3.63, 3.8) is 0 Å². The normalized spacial score (nSPS) is 11.4. The Balaban J connectivity index is 2.82. The molecule has 0 aliphatic carbocycles. The maximum absolute atomic E-state index is 9.84. The first-order valence-corrected chi connectivity index (χ1v) is 4.21. The number of alkyl halides is 1. The minimum atomic E-state index is -1.97. The Labute approximate surface area is 52.4 Å². The smallest absolute Gasteiger partial charge is 0.130 e. The summed E-state index contributed by atoms with van der Waals surface area (Å²) in [5.41, 5.74) is 0. The van der Waals surface area contributed by atoms with Gasteiger partial charge in [0, 0.05) is 0 Å². The molecule has 0 saturated carbocycles. The predicted octanol–water partition coefficient (Wildman–Crippen LogP) is 2.14. The van der Waals surface area contributed by atoms with Gasteiger partial charge in [-0.1, -0.05) is 0 Å². The Morgan fingerprint density at radius 2 is 2.29 bits per heavy atom. The largest absolute Gasteiger partial charge is 0.633 e. The summed E-state index contributed by atoms with van der Waals surface area (Å²) in [5, 5.41) is 0. The topological polar surface area (TPSA) is 26.3 Å². The van der Waals surface area contributed by atoms with Crippen LogP contribution in [-0.4, -0.2) is 12.5 Å². The molecule has 0 rings (SSSR count). The Bertz CT molecular complexity index is 66.7. The van der Waals surface area contributed by atoms with Crippen LogP contribution < -0.4 is 0 Å². The minimum absolute atomic E-state index is 0.250. The van der Waals surface area contributed by atoms with E-state index >= 15 is 0 Å². The van der Waals surface area contributed by atoms with Crippen molar-refractivity contribution in [3.8, 4) is 0 Å². The van der Waals surface area contributed by atoms with Crippen molar-refractivity contribution < 1.29 is 9.09 Å². The fraction of sp³-hybridized carbons (Fsp3) is 1.00. The molecule has 0 fully saturated rings. The molecule has 0 N–H and O–H groups in total. The lowest BCUT2D eigenvalue weighted by Crippen LogP contribution is -1.82. The van der Waals surface area contributed by atoms with E-state index in [-0.39, 0.29) is 6.61 Å². The standard InChI is InChI=1S/C2H4Cl2O2P/c3-1-2-6-7(4)5/h1-2H2/q+1. The second-order valence-electron chi connectivity index (χ2n) is 0.735. The van der Waals surface area contributed by atoms with E-state index in [4.69, 9.17) is 22.8 Å². The van der Waals surface area contributed by atoms with Crippen LogP contribution in [0.25, 0.3) is 0 Å². The zero-order valence-corrected chi connectivity index (χ0v) is 5.84. The zero-order chi connectivity index (χ0) is 5.70. The van der Waals surface area contributed by atoms with Gasteiger partial charge in [0.15, 0.2) is 0 Å². The van der Waals surface area contributed by atoms with Crippen LogP contribution in [0.15, 0.2) is 0 Å². The predicted molar refractivity (Wildman–Crippen MR) is 30.1 cm³/mol. The molecule has 0 aliphatic rings. The highest BCUT2D eigenvalue weighted by atomic mass is 35.7. The van der Waals surface area contributed by atoms with E-state index in [2.05, 4.69) is 4.52 Å². The third-order valence-corrected chi connectivity index (χ3v) is 1.10. The van der Waals surface area contributed by atoms with Crippen molar-refractivity contribution in [3.05, 3.63) is 0 Å². The second kappa shape index (κ2) is 4.79. The molecule has 0 saturated heterocycles. The van der Waals surface area contributed by atoms with Crippen molar-refractivity contribution in [1.29, 1.82) is 0 Å². The molecule has 7 heavy (non-hydrogen) atoms. The van der Waals surface area contributed by atoms with Gasteiger partial charge in [-0.2, -0.15) is 0 Å². The lowest BCUT2D eigenvalue weighted by atomic mass is 10.9. The third kappa shape index (κ3) is 6.64. The molecule has 5 heteroatoms. The number of hydrogen-bond acceptors (Lipinski definition) is 2. The summed E-state index contributed by atoms with van der Waals surface area (Å²) in [5.74, 6) is 0.327. The highest BCUT2D eigenvalue weighted by Gasteiger charge is 2.09. The van der Waals surface area contributed by atoms with E-state index < -0.39 is 7.38 Å². The van der Waals surface area contributed by atoms with Gasteiger partial charge in [0.25, 0.3) is 0 Å². The molecule has 0 bridgehead atoms. The van der Waals surface area contributed by atoms with Gasteiger partial charge in [-0.15, -0.1) is 16.1 Å². The average Bonchev–Trinajstić information content (AvgIpc) is 1.61. The first-order chi connectivity index (χ1) is 3.27. The van der Waals surface area contributed by atoms with Crippen LogP contribution in [0.4, 0.5) is 0 Å². The summed E-state index contributed by atoms with van der Waals surface area (Å²) >= 11 is 10.0. The molecule has 2 nitrogen and oxygen atoms in total. The van der Waals surface area contributed by atoms with E-state index in [1.165, 1.54) is 0 Å². The molecule has 0 radical (unpaired) electrons. The van der Waals surface area contributed by atoms with Gasteiger partial charge in [0.1, 0.15) is 6.61 Å². The summed E-state index contributed by atoms with van der Waals surface area (Å²) in [6.07, 6.45) is 0. The molecule has 0 amide bonds. The van der Waals surface area contributed by atoms with Gasteiger partial charge in [-0.05, 0) is 4.57 Å². The Morgan fingerprint density at radius 3 is 2.43 bits per heavy atom. The molecular formula is C2H4Cl2O2P+. The minimum Gasteiger partial charge on any atom is -0.130 e. The van der Waals surface area contributed by atoms with Crippen LogP contribution in [0, 0.1) is 0 Å². The fourth-order valence-corrected chi connectivity index (χ4v) is 0.733. The Morgan fingerprint density at radius 1 is 1.71 bits per heavy atom. The number of rotatable bonds is 3. The molecule has 1 unspecified atom stereocenters. The molecule has 0 aromatic heterocycles. The summed E-state index contributed by atoms with van der Waals surface area (Å²) < 4.78 is 14.2. The average molecular weight is 162 g/mol. The van der Waals surface area contributed by atoms with Crippen LogP contribution in [0.3, 0.4) is 0 Å². The van der Waals surface area contributed by atoms with Crippen LogP contribution in [0.5, 0.6) is 0 Å². The lowest BCUT2D eigenvalue weighted by Gasteiger charge is -1.74. The molecule has 0 spiro atoms. The van der Waals surface area contributed by atoms with E-state index in [9.17, 15) is 4.57 Å². The van der Waals surface area contributed by atoms with Gasteiger partial charge in [0.2, 0.25) is 11.2 Å². The first kappa shape index (κ1) is 7.64. The molecule has 1 atom stereocenters. The second-order valence-corrected chi connectivity index (χ2v) is 2.62. The molecule has 0 aromatic rings. The van der Waals surface area contributed by atoms with Crippen molar-refractivity contribution in [1.82, 2.24) is 0 Å². The van der Waals surface area contributed by atoms with E-state index in [0.29, 0.717) is 5.88 Å². The van der Waals surface area contributed by atoms with Gasteiger partial charge >= 0.3 is 7.38 Å². The quantitative estimate of drug-likeness (QED) is 0.469.